The van der Waals surface area contributed by atoms with Crippen LogP contribution in [0.25, 0.3) is 0 Å². The van der Waals surface area contributed by atoms with E-state index in [0.29, 0.717) is 14.2 Å². The third kappa shape index (κ3) is 4.34. The van der Waals surface area contributed by atoms with Gasteiger partial charge in [0.05, 0.1) is 20.4 Å². The van der Waals surface area contributed by atoms with E-state index in [2.05, 4.69) is 26.5 Å². The molecular weight excluding hydrogens is 506 g/mol. The van der Waals surface area contributed by atoms with Crippen LogP contribution in [0.15, 0.2) is 39.9 Å². The molecule has 0 atom stereocenters. The lowest BCUT2D eigenvalue weighted by atomic mass is 10.2. The molecule has 2 aromatic rings. The smallest absolute Gasteiger partial charge is 0.272 e. The Morgan fingerprint density at radius 1 is 1.32 bits per heavy atom. The van der Waals surface area contributed by atoms with Crippen LogP contribution >= 0.6 is 61.7 Å². The van der Waals surface area contributed by atoms with Crippen molar-refractivity contribution in [3.63, 3.8) is 0 Å². The lowest BCUT2D eigenvalue weighted by molar-refractivity contribution is 0.0955. The normalized spacial score (nSPS) is 10.9. The predicted octanol–water partition coefficient (Wildman–Crippen LogP) is 4.83. The van der Waals surface area contributed by atoms with E-state index in [9.17, 15) is 9.90 Å². The Morgan fingerprint density at radius 2 is 2.05 bits per heavy atom. The number of rotatable bonds is 3. The second-order valence-electron chi connectivity index (χ2n) is 4.15. The number of nitrogens with one attached hydrogen (secondary N) is 1. The molecule has 0 aromatic heterocycles. The zero-order valence-corrected chi connectivity index (χ0v) is 16.0. The number of phenols is 1. The molecular formula is C14H8BrCl2IN2O2. The first-order valence-corrected chi connectivity index (χ1v) is 8.47. The van der Waals surface area contributed by atoms with Crippen molar-refractivity contribution in [2.75, 3.05) is 0 Å². The zero-order valence-electron chi connectivity index (χ0n) is 10.8. The van der Waals surface area contributed by atoms with Gasteiger partial charge in [0.2, 0.25) is 0 Å². The van der Waals surface area contributed by atoms with Crippen LogP contribution in [0.3, 0.4) is 0 Å². The van der Waals surface area contributed by atoms with Gasteiger partial charge >= 0.3 is 0 Å². The molecule has 8 heteroatoms. The predicted molar refractivity (Wildman–Crippen MR) is 100 cm³/mol. The molecule has 0 bridgehead atoms. The monoisotopic (exact) mass is 512 g/mol. The Hall–Kier alpha value is -0.830. The maximum atomic E-state index is 12.0. The Balaban J connectivity index is 2.14. The van der Waals surface area contributed by atoms with Crippen molar-refractivity contribution in [1.82, 2.24) is 5.43 Å². The fourth-order valence-corrected chi connectivity index (χ4v) is 3.62. The summed E-state index contributed by atoms with van der Waals surface area (Å²) in [7, 11) is 0. The molecule has 0 aliphatic heterocycles. The number of phenolic OH excluding ortho intramolecular Hbond substituents is 1. The van der Waals surface area contributed by atoms with Crippen molar-refractivity contribution >= 4 is 73.8 Å². The molecule has 2 N–H and O–H groups in total. The SMILES string of the molecule is O=C(N/N=C/c1cc(Br)cc(I)c1O)c1ccc(Cl)cc1Cl. The van der Waals surface area contributed by atoms with Gasteiger partial charge in [0, 0.05) is 15.1 Å². The van der Waals surface area contributed by atoms with Crippen molar-refractivity contribution in [2.45, 2.75) is 0 Å². The molecule has 2 rings (SSSR count). The molecule has 0 aliphatic rings. The summed E-state index contributed by atoms with van der Waals surface area (Å²) >= 11 is 17.0. The Kier molecular flexibility index (Phi) is 6.08. The minimum atomic E-state index is -0.470. The van der Waals surface area contributed by atoms with E-state index in [0.717, 1.165) is 4.47 Å². The largest absolute Gasteiger partial charge is 0.506 e. The minimum Gasteiger partial charge on any atom is -0.506 e. The number of carbonyl (C=O) groups excluding carboxylic acids is 1. The number of amides is 1. The van der Waals surface area contributed by atoms with E-state index >= 15 is 0 Å². The molecule has 114 valence electrons. The van der Waals surface area contributed by atoms with Gasteiger partial charge in [0.25, 0.3) is 5.91 Å². The molecule has 0 unspecified atom stereocenters. The van der Waals surface area contributed by atoms with E-state index in [1.54, 1.807) is 18.2 Å². The van der Waals surface area contributed by atoms with Crippen LogP contribution in [0.2, 0.25) is 10.0 Å². The van der Waals surface area contributed by atoms with Crippen molar-refractivity contribution in [1.29, 1.82) is 0 Å². The summed E-state index contributed by atoms with van der Waals surface area (Å²) < 4.78 is 1.46. The molecule has 0 saturated carbocycles. The van der Waals surface area contributed by atoms with Crippen LogP contribution < -0.4 is 5.43 Å². The summed E-state index contributed by atoms with van der Waals surface area (Å²) in [4.78, 5) is 12.0. The van der Waals surface area contributed by atoms with Crippen LogP contribution in [-0.2, 0) is 0 Å². The minimum absolute atomic E-state index is 0.0892. The lowest BCUT2D eigenvalue weighted by Crippen LogP contribution is -2.18. The number of halogens is 4. The zero-order chi connectivity index (χ0) is 16.3. The highest BCUT2D eigenvalue weighted by atomic mass is 127. The lowest BCUT2D eigenvalue weighted by Gasteiger charge is -2.04. The Bertz CT molecular complexity index is 769. The van der Waals surface area contributed by atoms with Gasteiger partial charge in [-0.25, -0.2) is 5.43 Å². The topological polar surface area (TPSA) is 61.7 Å². The summed E-state index contributed by atoms with van der Waals surface area (Å²) in [6, 6.07) is 8.00. The number of nitrogens with zero attached hydrogens (tertiary/aromatic N) is 1. The van der Waals surface area contributed by atoms with Crippen LogP contribution in [-0.4, -0.2) is 17.2 Å². The van der Waals surface area contributed by atoms with Gasteiger partial charge in [-0.15, -0.1) is 0 Å². The molecule has 0 saturated heterocycles. The standard InChI is InChI=1S/C14H8BrCl2IN2O2/c15-8-3-7(13(21)12(18)4-8)6-19-20-14(22)10-2-1-9(16)5-11(10)17/h1-6,21H,(H,20,22)/b19-6+. The van der Waals surface area contributed by atoms with Gasteiger partial charge < -0.3 is 5.11 Å². The molecule has 0 radical (unpaired) electrons. The summed E-state index contributed by atoms with van der Waals surface area (Å²) in [5.74, 6) is -0.381. The summed E-state index contributed by atoms with van der Waals surface area (Å²) in [6.07, 6.45) is 1.35. The first kappa shape index (κ1) is 17.5. The second kappa shape index (κ2) is 7.63. The first-order chi connectivity index (χ1) is 10.4. The average Bonchev–Trinajstić information content (AvgIpc) is 2.43. The quantitative estimate of drug-likeness (QED) is 0.351. The number of hydrogen-bond donors (Lipinski definition) is 2. The molecule has 0 aliphatic carbocycles. The second-order valence-corrected chi connectivity index (χ2v) is 7.07. The van der Waals surface area contributed by atoms with Crippen molar-refractivity contribution in [3.05, 3.63) is 59.5 Å². The van der Waals surface area contributed by atoms with Crippen LogP contribution in [0.1, 0.15) is 15.9 Å². The van der Waals surface area contributed by atoms with Crippen LogP contribution in [0, 0.1) is 3.57 Å². The van der Waals surface area contributed by atoms with E-state index in [4.69, 9.17) is 23.2 Å². The summed E-state index contributed by atoms with van der Waals surface area (Å²) in [5.41, 5.74) is 3.08. The van der Waals surface area contributed by atoms with Crippen LogP contribution in [0.4, 0.5) is 0 Å². The van der Waals surface area contributed by atoms with Gasteiger partial charge in [-0.05, 0) is 52.9 Å². The van der Waals surface area contributed by atoms with Gasteiger partial charge in [0.1, 0.15) is 5.75 Å². The number of benzene rings is 2. The van der Waals surface area contributed by atoms with Gasteiger partial charge in [0.15, 0.2) is 0 Å². The van der Waals surface area contributed by atoms with E-state index < -0.39 is 5.91 Å². The fourth-order valence-electron chi connectivity index (χ4n) is 1.58. The third-order valence-corrected chi connectivity index (χ3v) is 4.43. The highest BCUT2D eigenvalue weighted by Gasteiger charge is 2.10. The maximum Gasteiger partial charge on any atom is 0.272 e. The highest BCUT2D eigenvalue weighted by molar-refractivity contribution is 14.1. The molecule has 0 fully saturated rings. The number of hydrogen-bond acceptors (Lipinski definition) is 3. The fraction of sp³-hybridized carbons (Fsp3) is 0. The highest BCUT2D eigenvalue weighted by Crippen LogP contribution is 2.27. The molecule has 1 amide bonds. The number of carbonyl (C=O) groups is 1. The van der Waals surface area contributed by atoms with Crippen molar-refractivity contribution in [2.24, 2.45) is 5.10 Å². The summed E-state index contributed by atoms with van der Waals surface area (Å²) in [6.45, 7) is 0. The van der Waals surface area contributed by atoms with Gasteiger partial charge in [-0.1, -0.05) is 39.1 Å². The Morgan fingerprint density at radius 3 is 2.73 bits per heavy atom. The van der Waals surface area contributed by atoms with E-state index in [1.807, 2.05) is 22.6 Å². The van der Waals surface area contributed by atoms with Crippen LogP contribution in [0.5, 0.6) is 5.75 Å². The summed E-state index contributed by atoms with van der Waals surface area (Å²) in [5, 5.41) is 14.4. The number of aromatic hydroxyl groups is 1. The number of hydrazone groups is 1. The average molecular weight is 514 g/mol. The third-order valence-electron chi connectivity index (χ3n) is 2.60. The molecule has 0 heterocycles. The molecule has 2 aromatic carbocycles. The maximum absolute atomic E-state index is 12.0. The Labute approximate surface area is 158 Å². The van der Waals surface area contributed by atoms with Crippen molar-refractivity contribution < 1.29 is 9.90 Å². The molecule has 4 nitrogen and oxygen atoms in total. The molecule has 22 heavy (non-hydrogen) atoms. The van der Waals surface area contributed by atoms with E-state index in [-0.39, 0.29) is 16.3 Å². The van der Waals surface area contributed by atoms with E-state index in [1.165, 1.54) is 18.3 Å². The van der Waals surface area contributed by atoms with Crippen molar-refractivity contribution in [3.8, 4) is 5.75 Å². The van der Waals surface area contributed by atoms with Gasteiger partial charge in [-0.2, -0.15) is 5.10 Å². The first-order valence-electron chi connectivity index (χ1n) is 5.85. The molecule has 0 spiro atoms. The van der Waals surface area contributed by atoms with Gasteiger partial charge in [-0.3, -0.25) is 4.79 Å².